The predicted molar refractivity (Wildman–Crippen MR) is 84.5 cm³/mol. The number of hydrogen-bond donors (Lipinski definition) is 3. The Kier molecular flexibility index (Phi) is 4.65. The van der Waals surface area contributed by atoms with Crippen LogP contribution in [-0.2, 0) is 23.3 Å². The van der Waals surface area contributed by atoms with Crippen molar-refractivity contribution in [1.29, 1.82) is 0 Å². The van der Waals surface area contributed by atoms with E-state index in [1.54, 1.807) is 19.2 Å². The van der Waals surface area contributed by atoms with Gasteiger partial charge in [0.25, 0.3) is 5.91 Å². The minimum Gasteiger partial charge on any atom is -0.397 e. The van der Waals surface area contributed by atoms with Crippen LogP contribution in [0.15, 0.2) is 5.38 Å². The van der Waals surface area contributed by atoms with Crippen molar-refractivity contribution in [3.63, 3.8) is 0 Å². The van der Waals surface area contributed by atoms with Crippen LogP contribution in [-0.4, -0.2) is 41.5 Å². The first-order chi connectivity index (χ1) is 11.2. The van der Waals surface area contributed by atoms with E-state index >= 15 is 0 Å². The fourth-order valence-electron chi connectivity index (χ4n) is 3.00. The van der Waals surface area contributed by atoms with Crippen molar-refractivity contribution in [2.45, 2.75) is 44.1 Å². The molecule has 0 aliphatic carbocycles. The van der Waals surface area contributed by atoms with E-state index in [0.29, 0.717) is 5.56 Å². The van der Waals surface area contributed by atoms with Gasteiger partial charge in [-0.1, -0.05) is 0 Å². The Hall–Kier alpha value is -1.13. The molecule has 5 N–H and O–H groups in total. The first-order valence-electron chi connectivity index (χ1n) is 7.16. The molecule has 5 atom stereocenters. The number of amides is 1. The quantitative estimate of drug-likeness (QED) is 0.646. The number of carbonyl (C=O) groups excluding carboxylic acids is 1. The highest BCUT2D eigenvalue weighted by Gasteiger charge is 2.56. The molecule has 0 bridgehead atoms. The Balaban J connectivity index is 1.88. The van der Waals surface area contributed by atoms with Gasteiger partial charge >= 0.3 is 8.25 Å². The number of fused-ring (bicyclic) bond motifs is 1. The summed E-state index contributed by atoms with van der Waals surface area (Å²) in [5.74, 6) is -1.45. The third-order valence-corrected chi connectivity index (χ3v) is 5.29. The number of ether oxygens (including phenoxy) is 3. The average molecular weight is 377 g/mol. The van der Waals surface area contributed by atoms with Crippen LogP contribution in [0.5, 0.6) is 0 Å². The Labute approximate surface area is 142 Å². The van der Waals surface area contributed by atoms with E-state index in [0.717, 1.165) is 11.3 Å². The van der Waals surface area contributed by atoms with Crippen LogP contribution in [0.3, 0.4) is 0 Å². The average Bonchev–Trinajstić information content (AvgIpc) is 3.07. The van der Waals surface area contributed by atoms with Gasteiger partial charge in [0.15, 0.2) is 5.79 Å². The minimum absolute atomic E-state index is 0.129. The van der Waals surface area contributed by atoms with Crippen molar-refractivity contribution in [2.24, 2.45) is 5.73 Å². The largest absolute Gasteiger partial charge is 0.694 e. The Morgan fingerprint density at radius 2 is 2.12 bits per heavy atom. The van der Waals surface area contributed by atoms with Gasteiger partial charge in [0.05, 0.1) is 5.69 Å². The Morgan fingerprint density at radius 3 is 2.71 bits per heavy atom. The molecule has 132 valence electrons. The van der Waals surface area contributed by atoms with Crippen molar-refractivity contribution in [1.82, 2.24) is 0 Å². The summed E-state index contributed by atoms with van der Waals surface area (Å²) >= 11 is 1.13. The predicted octanol–water partition coefficient (Wildman–Crippen LogP) is 1.06. The number of hydrogen-bond acceptors (Lipinski definition) is 8. The molecule has 24 heavy (non-hydrogen) atoms. The van der Waals surface area contributed by atoms with Crippen LogP contribution in [0.2, 0.25) is 0 Å². The highest BCUT2D eigenvalue weighted by atomic mass is 32.1. The molecular formula is C13H18N2O7PS+. The van der Waals surface area contributed by atoms with E-state index in [9.17, 15) is 9.36 Å². The fraction of sp³-hybridized carbons (Fsp3) is 0.615. The number of carbonyl (C=O) groups is 1. The summed E-state index contributed by atoms with van der Waals surface area (Å²) in [5, 5.41) is 1.70. The molecule has 0 aromatic carbocycles. The lowest BCUT2D eigenvalue weighted by Crippen LogP contribution is -2.32. The van der Waals surface area contributed by atoms with E-state index in [1.165, 1.54) is 0 Å². The van der Waals surface area contributed by atoms with Crippen molar-refractivity contribution in [3.8, 4) is 0 Å². The molecule has 0 spiro atoms. The molecule has 2 aliphatic heterocycles. The normalized spacial score (nSPS) is 31.9. The fourth-order valence-corrected chi connectivity index (χ4v) is 4.14. The maximum atomic E-state index is 11.4. The van der Waals surface area contributed by atoms with Crippen LogP contribution < -0.4 is 11.5 Å². The lowest BCUT2D eigenvalue weighted by atomic mass is 10.0. The number of primary amides is 1. The third kappa shape index (κ3) is 3.18. The second-order valence-electron chi connectivity index (χ2n) is 5.99. The molecule has 2 fully saturated rings. The zero-order chi connectivity index (χ0) is 17.6. The molecular weight excluding hydrogens is 359 g/mol. The van der Waals surface area contributed by atoms with E-state index in [4.69, 9.17) is 35.1 Å². The maximum Gasteiger partial charge on any atom is 0.694 e. The van der Waals surface area contributed by atoms with Crippen LogP contribution in [0.1, 0.15) is 35.2 Å². The standard InChI is InChI=1S/C13H17N2O7PS/c1-13(2)21-9-6(3-19-23(17)18)20-8(10(9)22-13)5-4-24-11(7(5)14)12(15)16/h4,6,8-10H,3H2,1-2H3,(H4-,14,15,16,17,18)/p+1/t6-,8+,9-,10+/m1/s1. The first-order valence-corrected chi connectivity index (χ1v) is 9.17. The molecule has 1 amide bonds. The SMILES string of the molecule is CC1(C)O[C@@H]2[C@H](O1)[C@@H](CO[P+](=O)O)O[C@H]2c1csc(C(N)=O)c1N. The number of nitrogen functional groups attached to an aromatic ring is 1. The monoisotopic (exact) mass is 377 g/mol. The lowest BCUT2D eigenvalue weighted by Gasteiger charge is -2.23. The highest BCUT2D eigenvalue weighted by molar-refractivity contribution is 7.32. The first kappa shape index (κ1) is 17.7. The number of anilines is 1. The van der Waals surface area contributed by atoms with Crippen molar-refractivity contribution >= 4 is 31.2 Å². The van der Waals surface area contributed by atoms with Crippen LogP contribution in [0, 0.1) is 0 Å². The Morgan fingerprint density at radius 1 is 1.46 bits per heavy atom. The molecule has 2 saturated heterocycles. The molecule has 2 aliphatic rings. The van der Waals surface area contributed by atoms with Gasteiger partial charge in [0.1, 0.15) is 35.9 Å². The molecule has 3 rings (SSSR count). The molecule has 3 heterocycles. The molecule has 9 nitrogen and oxygen atoms in total. The van der Waals surface area contributed by atoms with Gasteiger partial charge in [-0.15, -0.1) is 20.8 Å². The summed E-state index contributed by atoms with van der Waals surface area (Å²) in [6.45, 7) is 3.40. The number of thiophene rings is 1. The van der Waals surface area contributed by atoms with Crippen LogP contribution in [0.25, 0.3) is 0 Å². The van der Waals surface area contributed by atoms with E-state index < -0.39 is 44.4 Å². The molecule has 1 aromatic heterocycles. The second-order valence-corrected chi connectivity index (χ2v) is 7.61. The van der Waals surface area contributed by atoms with Gasteiger partial charge in [-0.05, 0) is 19.2 Å². The zero-order valence-electron chi connectivity index (χ0n) is 13.0. The molecule has 1 unspecified atom stereocenters. The summed E-state index contributed by atoms with van der Waals surface area (Å²) in [4.78, 5) is 20.5. The summed E-state index contributed by atoms with van der Waals surface area (Å²) in [5.41, 5.74) is 12.2. The summed E-state index contributed by atoms with van der Waals surface area (Å²) < 4.78 is 33.2. The second kappa shape index (κ2) is 6.30. The molecule has 1 aromatic rings. The Bertz CT molecular complexity index is 679. The van der Waals surface area contributed by atoms with Gasteiger partial charge in [-0.2, -0.15) is 0 Å². The van der Waals surface area contributed by atoms with Gasteiger partial charge in [-0.25, -0.2) is 0 Å². The van der Waals surface area contributed by atoms with Gasteiger partial charge < -0.3 is 25.7 Å². The van der Waals surface area contributed by atoms with Crippen molar-refractivity contribution < 1.29 is 33.0 Å². The smallest absolute Gasteiger partial charge is 0.397 e. The third-order valence-electron chi connectivity index (χ3n) is 3.89. The topological polar surface area (TPSA) is 143 Å². The summed E-state index contributed by atoms with van der Waals surface area (Å²) in [6, 6.07) is 0. The van der Waals surface area contributed by atoms with E-state index in [-0.39, 0.29) is 17.2 Å². The number of rotatable bonds is 5. The molecule has 0 saturated carbocycles. The van der Waals surface area contributed by atoms with E-state index in [2.05, 4.69) is 0 Å². The van der Waals surface area contributed by atoms with Crippen LogP contribution >= 0.6 is 19.6 Å². The minimum atomic E-state index is -2.75. The van der Waals surface area contributed by atoms with Crippen molar-refractivity contribution in [3.05, 3.63) is 15.8 Å². The highest BCUT2D eigenvalue weighted by Crippen LogP contribution is 2.48. The van der Waals surface area contributed by atoms with Gasteiger partial charge in [0, 0.05) is 10.1 Å². The summed E-state index contributed by atoms with van der Waals surface area (Å²) in [6.07, 6.45) is -2.17. The van der Waals surface area contributed by atoms with Gasteiger partial charge in [-0.3, -0.25) is 4.79 Å². The lowest BCUT2D eigenvalue weighted by molar-refractivity contribution is -0.190. The maximum absolute atomic E-state index is 11.4. The molecule has 11 heteroatoms. The van der Waals surface area contributed by atoms with Crippen LogP contribution in [0.4, 0.5) is 5.69 Å². The van der Waals surface area contributed by atoms with Gasteiger partial charge in [0.2, 0.25) is 0 Å². The molecule has 0 radical (unpaired) electrons. The zero-order valence-corrected chi connectivity index (χ0v) is 14.7. The van der Waals surface area contributed by atoms with Crippen molar-refractivity contribution in [2.75, 3.05) is 12.3 Å². The summed E-state index contributed by atoms with van der Waals surface area (Å²) in [7, 11) is -2.75. The number of nitrogens with two attached hydrogens (primary N) is 2. The van der Waals surface area contributed by atoms with E-state index in [1.807, 2.05) is 0 Å².